The minimum atomic E-state index is -1.97. The van der Waals surface area contributed by atoms with E-state index in [1.165, 1.54) is 19.1 Å². The van der Waals surface area contributed by atoms with E-state index in [1.807, 2.05) is 0 Å². The first-order valence-corrected chi connectivity index (χ1v) is 18.8. The number of nitrogens with one attached hydrogen (secondary N) is 1. The van der Waals surface area contributed by atoms with Gasteiger partial charge in [-0.05, 0) is 75.3 Å². The highest BCUT2D eigenvalue weighted by atomic mass is 16.6. The topological polar surface area (TPSA) is 215 Å². The molecule has 0 spiro atoms. The molecule has 1 heterocycles. The van der Waals surface area contributed by atoms with Crippen molar-refractivity contribution in [3.63, 3.8) is 0 Å². The molecule has 11 atom stereocenters. The number of rotatable bonds is 8. The summed E-state index contributed by atoms with van der Waals surface area (Å²) in [5.41, 5.74) is -4.84. The highest BCUT2D eigenvalue weighted by Crippen LogP contribution is 2.65. The molecular formula is C42H51NO13. The van der Waals surface area contributed by atoms with Crippen molar-refractivity contribution < 1.29 is 63.3 Å². The van der Waals surface area contributed by atoms with Gasteiger partial charge in [0.15, 0.2) is 11.9 Å². The predicted molar refractivity (Wildman–Crippen MR) is 198 cm³/mol. The molecule has 14 heteroatoms. The van der Waals surface area contributed by atoms with E-state index >= 15 is 0 Å². The number of carboxylic acids is 1. The Morgan fingerprint density at radius 3 is 2.09 bits per heavy atom. The number of amides is 1. The molecule has 0 radical (unpaired) electrons. The molecule has 2 aromatic rings. The number of Topliss-reactive ketones (excluding diaryl/α,β-unsaturated/α-hetero) is 1. The SMILES string of the molecule is CC1=C2[C@@H](O)C(=O)[C@@]3(C)C([C@H](OC(=O)c4ccccc4)C(C[C@@H]1OC(=O)[C@H](O)[C@@H](NC(=O)OC(C)(C)C)c1ccccc1)C2(C)C)[C@]1(C(=O)O)COC1C[C@@H]3O. The fourth-order valence-electron chi connectivity index (χ4n) is 9.62. The summed E-state index contributed by atoms with van der Waals surface area (Å²) in [6.45, 7) is 11.1. The van der Waals surface area contributed by atoms with Gasteiger partial charge < -0.3 is 44.7 Å². The Bertz CT molecular complexity index is 1910. The predicted octanol–water partition coefficient (Wildman–Crippen LogP) is 3.91. The van der Waals surface area contributed by atoms with E-state index in [1.54, 1.807) is 90.1 Å². The van der Waals surface area contributed by atoms with Crippen LogP contribution in [0.15, 0.2) is 71.8 Å². The molecule has 3 aliphatic carbocycles. The maximum Gasteiger partial charge on any atom is 0.408 e. The van der Waals surface area contributed by atoms with Crippen molar-refractivity contribution in [1.29, 1.82) is 0 Å². The summed E-state index contributed by atoms with van der Waals surface area (Å²) in [5.74, 6) is -6.48. The van der Waals surface area contributed by atoms with Gasteiger partial charge in [0.2, 0.25) is 0 Å². The maximum absolute atomic E-state index is 14.8. The van der Waals surface area contributed by atoms with Crippen LogP contribution >= 0.6 is 0 Å². The molecule has 0 aromatic heterocycles. The van der Waals surface area contributed by atoms with Crippen LogP contribution < -0.4 is 5.32 Å². The monoisotopic (exact) mass is 777 g/mol. The lowest BCUT2D eigenvalue weighted by atomic mass is 9.43. The Balaban J connectivity index is 1.45. The van der Waals surface area contributed by atoms with Crippen molar-refractivity contribution in [3.05, 3.63) is 82.9 Å². The van der Waals surface area contributed by atoms with Gasteiger partial charge in [0.25, 0.3) is 0 Å². The fraction of sp³-hybridized carbons (Fsp3) is 0.548. The van der Waals surface area contributed by atoms with Gasteiger partial charge in [-0.3, -0.25) is 9.59 Å². The summed E-state index contributed by atoms with van der Waals surface area (Å²) in [6, 6.07) is 15.0. The molecule has 56 heavy (non-hydrogen) atoms. The van der Waals surface area contributed by atoms with Crippen molar-refractivity contribution in [2.24, 2.45) is 28.1 Å². The van der Waals surface area contributed by atoms with Gasteiger partial charge in [-0.25, -0.2) is 14.4 Å². The molecule has 2 bridgehead atoms. The second-order valence-corrected chi connectivity index (χ2v) is 17.2. The standard InChI is InChI=1S/C42H51NO13/c1-21-25(54-36(49)31(46)29(22-14-10-8-11-15-22)43-38(52)56-39(2,3)4)18-24-32(55-35(48)23-16-12-9-13-17-23)33-41(7,34(47)30(45)28(21)40(24,5)6)26(44)19-27-42(33,20-53-27)37(50)51/h8-17,24-27,29-33,44-46H,18-20H2,1-7H3,(H,43,52)(H,50,51)/t24?,25-,26-,27?,29-,30+,31+,32+,33?,41+,42-/m0/s1. The van der Waals surface area contributed by atoms with Crippen LogP contribution in [0.2, 0.25) is 0 Å². The van der Waals surface area contributed by atoms with Gasteiger partial charge in [0, 0.05) is 18.3 Å². The van der Waals surface area contributed by atoms with Crippen LogP contribution in [0.25, 0.3) is 0 Å². The molecule has 1 amide bonds. The Morgan fingerprint density at radius 2 is 1.54 bits per heavy atom. The number of hydrogen-bond donors (Lipinski definition) is 5. The second kappa shape index (κ2) is 14.7. The van der Waals surface area contributed by atoms with E-state index in [0.717, 1.165) is 0 Å². The van der Waals surface area contributed by atoms with Crippen molar-refractivity contribution in [1.82, 2.24) is 5.32 Å². The number of alkyl carbamates (subject to hydrolysis) is 1. The summed E-state index contributed by atoms with van der Waals surface area (Å²) in [6.07, 6.45) is -10.2. The van der Waals surface area contributed by atoms with Gasteiger partial charge in [-0.15, -0.1) is 0 Å². The minimum absolute atomic E-state index is 0.103. The maximum atomic E-state index is 14.8. The van der Waals surface area contributed by atoms with Gasteiger partial charge in [0.1, 0.15) is 29.3 Å². The number of aliphatic hydroxyl groups excluding tert-OH is 3. The van der Waals surface area contributed by atoms with Gasteiger partial charge in [-0.1, -0.05) is 62.4 Å². The van der Waals surface area contributed by atoms with Crippen LogP contribution in [0.3, 0.4) is 0 Å². The molecular weight excluding hydrogens is 726 g/mol. The number of ketones is 1. The number of fused-ring (bicyclic) bond motifs is 5. The van der Waals surface area contributed by atoms with Crippen LogP contribution in [-0.4, -0.2) is 99.0 Å². The zero-order chi connectivity index (χ0) is 41.1. The number of esters is 2. The lowest BCUT2D eigenvalue weighted by Crippen LogP contribution is -2.77. The Morgan fingerprint density at radius 1 is 0.929 bits per heavy atom. The lowest BCUT2D eigenvalue weighted by Gasteiger charge is -2.65. The number of carbonyl (C=O) groups is 5. The summed E-state index contributed by atoms with van der Waals surface area (Å²) in [5, 5.41) is 48.8. The average molecular weight is 778 g/mol. The highest BCUT2D eigenvalue weighted by molar-refractivity contribution is 5.95. The van der Waals surface area contributed by atoms with Crippen molar-refractivity contribution in [3.8, 4) is 0 Å². The zero-order valence-corrected chi connectivity index (χ0v) is 32.6. The van der Waals surface area contributed by atoms with Gasteiger partial charge in [-0.2, -0.15) is 0 Å². The number of ether oxygens (including phenoxy) is 4. The lowest BCUT2D eigenvalue weighted by molar-refractivity contribution is -0.298. The third kappa shape index (κ3) is 6.80. The number of carbonyl (C=O) groups excluding carboxylic acids is 4. The van der Waals surface area contributed by atoms with Crippen molar-refractivity contribution in [2.75, 3.05) is 6.61 Å². The van der Waals surface area contributed by atoms with Crippen LogP contribution in [0.5, 0.6) is 0 Å². The third-order valence-corrected chi connectivity index (χ3v) is 12.5. The summed E-state index contributed by atoms with van der Waals surface area (Å²) in [4.78, 5) is 69.1. The first-order valence-electron chi connectivity index (χ1n) is 18.8. The molecule has 3 fully saturated rings. The minimum Gasteiger partial charge on any atom is -0.481 e. The van der Waals surface area contributed by atoms with Gasteiger partial charge >= 0.3 is 24.0 Å². The highest BCUT2D eigenvalue weighted by Gasteiger charge is 2.76. The first-order chi connectivity index (χ1) is 26.2. The summed E-state index contributed by atoms with van der Waals surface area (Å²) >= 11 is 0. The molecule has 302 valence electrons. The molecule has 1 aliphatic heterocycles. The molecule has 2 saturated carbocycles. The van der Waals surface area contributed by atoms with E-state index in [4.69, 9.17) is 18.9 Å². The van der Waals surface area contributed by atoms with E-state index in [-0.39, 0.29) is 30.6 Å². The normalized spacial score (nSPS) is 33.2. The molecule has 3 unspecified atom stereocenters. The van der Waals surface area contributed by atoms with E-state index in [0.29, 0.717) is 11.1 Å². The van der Waals surface area contributed by atoms with Crippen LogP contribution in [0, 0.1) is 28.1 Å². The quantitative estimate of drug-likeness (QED) is 0.146. The smallest absolute Gasteiger partial charge is 0.408 e. The second-order valence-electron chi connectivity index (χ2n) is 17.2. The number of hydrogen-bond acceptors (Lipinski definition) is 12. The Labute approximate surface area is 325 Å². The molecule has 4 aliphatic rings. The number of carboxylic acid groups (broad SMARTS) is 1. The third-order valence-electron chi connectivity index (χ3n) is 12.5. The van der Waals surface area contributed by atoms with E-state index in [2.05, 4.69) is 5.32 Å². The average Bonchev–Trinajstić information content (AvgIpc) is 3.12. The number of aliphatic carboxylic acids is 1. The largest absolute Gasteiger partial charge is 0.481 e. The van der Waals surface area contributed by atoms with Crippen LogP contribution in [0.1, 0.15) is 83.3 Å². The van der Waals surface area contributed by atoms with Crippen LogP contribution in [0.4, 0.5) is 4.79 Å². The summed E-state index contributed by atoms with van der Waals surface area (Å²) < 4.78 is 23.5. The number of benzene rings is 2. The van der Waals surface area contributed by atoms with E-state index < -0.39 is 106 Å². The van der Waals surface area contributed by atoms with Crippen molar-refractivity contribution >= 4 is 29.8 Å². The molecule has 2 aromatic carbocycles. The van der Waals surface area contributed by atoms with E-state index in [9.17, 15) is 44.4 Å². The first kappa shape index (κ1) is 41.0. The molecule has 5 N–H and O–H groups in total. The fourth-order valence-corrected chi connectivity index (χ4v) is 9.62. The van der Waals surface area contributed by atoms with Crippen molar-refractivity contribution in [2.45, 2.75) is 110 Å². The van der Waals surface area contributed by atoms with Gasteiger partial charge in [0.05, 0.1) is 35.8 Å². The molecule has 6 rings (SSSR count). The Kier molecular flexibility index (Phi) is 10.8. The summed E-state index contributed by atoms with van der Waals surface area (Å²) in [7, 11) is 0. The molecule has 14 nitrogen and oxygen atoms in total. The zero-order valence-electron chi connectivity index (χ0n) is 32.6. The Hall–Kier alpha value is -4.63. The number of aliphatic hydroxyl groups is 3. The van der Waals surface area contributed by atoms with Crippen LogP contribution in [-0.2, 0) is 33.3 Å². The molecule has 1 saturated heterocycles.